The number of rotatable bonds is 1. The lowest BCUT2D eigenvalue weighted by Gasteiger charge is -2.32. The predicted octanol–water partition coefficient (Wildman–Crippen LogP) is 3.14. The van der Waals surface area contributed by atoms with Gasteiger partial charge in [0, 0.05) is 4.47 Å². The zero-order valence-corrected chi connectivity index (χ0v) is 10.2. The molecule has 1 aliphatic rings. The molecule has 1 saturated heterocycles. The van der Waals surface area contributed by atoms with Gasteiger partial charge in [-0.25, -0.2) is 22.4 Å². The number of carbonyl (C=O) groups is 1. The van der Waals surface area contributed by atoms with Crippen molar-refractivity contribution < 1.29 is 27.1 Å². The number of carbonyl (C=O) groups excluding carboxylic acids is 1. The number of cyclic esters (lactones) is 1. The van der Waals surface area contributed by atoms with Gasteiger partial charge in [0.25, 0.3) is 0 Å². The van der Waals surface area contributed by atoms with Crippen molar-refractivity contribution in [2.24, 2.45) is 0 Å². The van der Waals surface area contributed by atoms with Gasteiger partial charge >= 0.3 is 12.0 Å². The molecule has 1 fully saturated rings. The van der Waals surface area contributed by atoms with Crippen molar-refractivity contribution in [1.82, 2.24) is 5.32 Å². The first-order chi connectivity index (χ1) is 8.31. The highest BCUT2D eigenvalue weighted by Gasteiger charge is 2.49. The third-order valence-electron chi connectivity index (χ3n) is 2.41. The van der Waals surface area contributed by atoms with E-state index in [0.717, 1.165) is 12.1 Å². The maximum absolute atomic E-state index is 13.6. The lowest BCUT2D eigenvalue weighted by molar-refractivity contribution is -0.105. The summed E-state index contributed by atoms with van der Waals surface area (Å²) in [5.41, 5.74) is -0.889. The normalized spacial score (nSPS) is 22.3. The minimum atomic E-state index is -3.59. The second-order valence-electron chi connectivity index (χ2n) is 3.70. The van der Waals surface area contributed by atoms with Crippen LogP contribution in [0.2, 0.25) is 0 Å². The van der Waals surface area contributed by atoms with Crippen molar-refractivity contribution in [2.45, 2.75) is 12.0 Å². The van der Waals surface area contributed by atoms with Crippen LogP contribution in [0.4, 0.5) is 22.4 Å². The van der Waals surface area contributed by atoms with Gasteiger partial charge in [-0.3, -0.25) is 0 Å². The third kappa shape index (κ3) is 2.29. The Morgan fingerprint density at radius 2 is 1.89 bits per heavy atom. The molecule has 98 valence electrons. The van der Waals surface area contributed by atoms with Crippen molar-refractivity contribution in [3.8, 4) is 0 Å². The quantitative estimate of drug-likeness (QED) is 0.805. The molecule has 18 heavy (non-hydrogen) atoms. The molecule has 8 heteroatoms. The van der Waals surface area contributed by atoms with Crippen LogP contribution in [0.3, 0.4) is 0 Å². The molecule has 1 amide bonds. The summed E-state index contributed by atoms with van der Waals surface area (Å²) in [5, 5.41) is 1.72. The zero-order chi connectivity index (χ0) is 13.5. The Morgan fingerprint density at radius 3 is 2.44 bits per heavy atom. The van der Waals surface area contributed by atoms with Crippen LogP contribution in [0.25, 0.3) is 0 Å². The first kappa shape index (κ1) is 13.1. The fraction of sp³-hybridized carbons (Fsp3) is 0.300. The standard InChI is InChI=1S/C10H6BrF4NO2/c11-4-1-5(12)7(6(13)2-4)8-10(14,15)3-18-9(17)16-8/h1-2,8H,3H2,(H,16,17)/t8-/m1/s1. The number of halogens is 5. The Labute approximate surface area is 107 Å². The van der Waals surface area contributed by atoms with E-state index in [1.54, 1.807) is 5.32 Å². The highest BCUT2D eigenvalue weighted by molar-refractivity contribution is 9.10. The summed E-state index contributed by atoms with van der Waals surface area (Å²) in [4.78, 5) is 10.9. The van der Waals surface area contributed by atoms with Crippen LogP contribution in [0.15, 0.2) is 16.6 Å². The van der Waals surface area contributed by atoms with Crippen LogP contribution in [0, 0.1) is 11.6 Å². The summed E-state index contributed by atoms with van der Waals surface area (Å²) in [7, 11) is 0. The summed E-state index contributed by atoms with van der Waals surface area (Å²) in [6.45, 7) is -1.22. The van der Waals surface area contributed by atoms with E-state index < -0.39 is 41.9 Å². The van der Waals surface area contributed by atoms with Gasteiger partial charge in [0.05, 0.1) is 5.56 Å². The topological polar surface area (TPSA) is 38.3 Å². The summed E-state index contributed by atoms with van der Waals surface area (Å²) < 4.78 is 58.3. The maximum Gasteiger partial charge on any atom is 0.408 e. The Kier molecular flexibility index (Phi) is 3.22. The van der Waals surface area contributed by atoms with Crippen molar-refractivity contribution in [1.29, 1.82) is 0 Å². The average Bonchev–Trinajstić information content (AvgIpc) is 2.22. The van der Waals surface area contributed by atoms with Crippen molar-refractivity contribution in [3.63, 3.8) is 0 Å². The molecule has 1 aliphatic heterocycles. The van der Waals surface area contributed by atoms with Gasteiger partial charge in [-0.15, -0.1) is 0 Å². The number of hydrogen-bond donors (Lipinski definition) is 1. The summed E-state index contributed by atoms with van der Waals surface area (Å²) in [6, 6.07) is -0.404. The van der Waals surface area contributed by atoms with Crippen LogP contribution in [-0.4, -0.2) is 18.6 Å². The predicted molar refractivity (Wildman–Crippen MR) is 56.2 cm³/mol. The van der Waals surface area contributed by atoms with Crippen LogP contribution in [0.5, 0.6) is 0 Å². The number of amides is 1. The molecule has 2 rings (SSSR count). The highest BCUT2D eigenvalue weighted by atomic mass is 79.9. The van der Waals surface area contributed by atoms with E-state index in [9.17, 15) is 22.4 Å². The van der Waals surface area contributed by atoms with E-state index in [1.165, 1.54) is 0 Å². The molecule has 0 radical (unpaired) electrons. The number of alkyl carbamates (subject to hydrolysis) is 1. The maximum atomic E-state index is 13.6. The van der Waals surface area contributed by atoms with Crippen molar-refractivity contribution in [3.05, 3.63) is 33.8 Å². The Bertz CT molecular complexity index is 486. The molecule has 0 aromatic heterocycles. The number of alkyl halides is 2. The molecular formula is C10H6BrF4NO2. The summed E-state index contributed by atoms with van der Waals surface area (Å²) in [6.07, 6.45) is -1.15. The molecule has 1 N–H and O–H groups in total. The minimum absolute atomic E-state index is 0.0722. The zero-order valence-electron chi connectivity index (χ0n) is 8.65. The molecule has 0 bridgehead atoms. The monoisotopic (exact) mass is 327 g/mol. The largest absolute Gasteiger partial charge is 0.443 e. The van der Waals surface area contributed by atoms with Crippen LogP contribution in [-0.2, 0) is 4.74 Å². The lowest BCUT2D eigenvalue weighted by atomic mass is 9.99. The van der Waals surface area contributed by atoms with Crippen molar-refractivity contribution >= 4 is 22.0 Å². The SMILES string of the molecule is O=C1N[C@H](c2c(F)cc(Br)cc2F)C(F)(F)CO1. The second-order valence-corrected chi connectivity index (χ2v) is 4.61. The van der Waals surface area contributed by atoms with E-state index >= 15 is 0 Å². The van der Waals surface area contributed by atoms with Gasteiger partial charge in [0.1, 0.15) is 17.7 Å². The second kappa shape index (κ2) is 4.42. The smallest absolute Gasteiger partial charge is 0.408 e. The molecule has 1 heterocycles. The Morgan fingerprint density at radius 1 is 1.33 bits per heavy atom. The first-order valence-electron chi connectivity index (χ1n) is 4.77. The number of ether oxygens (including phenoxy) is 1. The highest BCUT2D eigenvalue weighted by Crippen LogP contribution is 2.37. The molecule has 3 nitrogen and oxygen atoms in total. The van der Waals surface area contributed by atoms with Crippen LogP contribution in [0.1, 0.15) is 11.6 Å². The van der Waals surface area contributed by atoms with E-state index in [0.29, 0.717) is 0 Å². The fourth-order valence-electron chi connectivity index (χ4n) is 1.62. The van der Waals surface area contributed by atoms with E-state index in [4.69, 9.17) is 0 Å². The van der Waals surface area contributed by atoms with Gasteiger partial charge in [-0.05, 0) is 12.1 Å². The van der Waals surface area contributed by atoms with Gasteiger partial charge in [0.2, 0.25) is 0 Å². The van der Waals surface area contributed by atoms with Gasteiger partial charge in [-0.2, -0.15) is 0 Å². The molecule has 0 aliphatic carbocycles. The summed E-state index contributed by atoms with van der Waals surface area (Å²) in [5.74, 6) is -5.94. The number of benzene rings is 1. The van der Waals surface area contributed by atoms with Crippen LogP contribution < -0.4 is 5.32 Å². The average molecular weight is 328 g/mol. The molecule has 1 atom stereocenters. The molecule has 1 aromatic rings. The Hall–Kier alpha value is -1.31. The molecule has 0 unspecified atom stereocenters. The minimum Gasteiger partial charge on any atom is -0.443 e. The first-order valence-corrected chi connectivity index (χ1v) is 5.56. The third-order valence-corrected chi connectivity index (χ3v) is 2.87. The number of nitrogens with one attached hydrogen (secondary N) is 1. The molecule has 1 aromatic carbocycles. The van der Waals surface area contributed by atoms with Crippen molar-refractivity contribution in [2.75, 3.05) is 6.61 Å². The van der Waals surface area contributed by atoms with Gasteiger partial charge < -0.3 is 10.1 Å². The molecule has 0 spiro atoms. The van der Waals surface area contributed by atoms with E-state index in [1.807, 2.05) is 0 Å². The van der Waals surface area contributed by atoms with Crippen LogP contribution >= 0.6 is 15.9 Å². The number of hydrogen-bond acceptors (Lipinski definition) is 2. The molecular weight excluding hydrogens is 322 g/mol. The summed E-state index contributed by atoms with van der Waals surface area (Å²) >= 11 is 2.83. The van der Waals surface area contributed by atoms with Gasteiger partial charge in [0.15, 0.2) is 6.61 Å². The Balaban J connectivity index is 2.49. The van der Waals surface area contributed by atoms with E-state index in [-0.39, 0.29) is 4.47 Å². The lowest BCUT2D eigenvalue weighted by Crippen LogP contribution is -2.50. The van der Waals surface area contributed by atoms with Gasteiger partial charge in [-0.1, -0.05) is 15.9 Å². The fourth-order valence-corrected chi connectivity index (χ4v) is 2.02. The molecule has 0 saturated carbocycles. The van der Waals surface area contributed by atoms with E-state index in [2.05, 4.69) is 20.7 Å².